The summed E-state index contributed by atoms with van der Waals surface area (Å²) in [5, 5.41) is 7.40. The van der Waals surface area contributed by atoms with Gasteiger partial charge in [0, 0.05) is 30.1 Å². The molecule has 176 valence electrons. The highest BCUT2D eigenvalue weighted by molar-refractivity contribution is 7.80. The normalized spacial score (nSPS) is 12.0. The number of fused-ring (bicyclic) bond motifs is 1. The van der Waals surface area contributed by atoms with E-state index < -0.39 is 0 Å². The zero-order valence-corrected chi connectivity index (χ0v) is 21.0. The van der Waals surface area contributed by atoms with Crippen molar-refractivity contribution in [2.75, 3.05) is 10.6 Å². The summed E-state index contributed by atoms with van der Waals surface area (Å²) < 4.78 is 0. The molecule has 4 nitrogen and oxygen atoms in total. The third kappa shape index (κ3) is 8.85. The Hall–Kier alpha value is -2.01. The van der Waals surface area contributed by atoms with E-state index in [1.165, 1.54) is 71.1 Å². The van der Waals surface area contributed by atoms with Crippen molar-refractivity contribution >= 4 is 45.4 Å². The van der Waals surface area contributed by atoms with Crippen LogP contribution in [0.3, 0.4) is 0 Å². The number of pyridine rings is 1. The highest BCUT2D eigenvalue weighted by Crippen LogP contribution is 2.30. The van der Waals surface area contributed by atoms with Crippen molar-refractivity contribution in [2.24, 2.45) is 5.92 Å². The van der Waals surface area contributed by atoms with Crippen LogP contribution in [0.15, 0.2) is 30.5 Å². The van der Waals surface area contributed by atoms with E-state index in [0.29, 0.717) is 5.92 Å². The van der Waals surface area contributed by atoms with Crippen LogP contribution in [-0.2, 0) is 4.79 Å². The van der Waals surface area contributed by atoms with Crippen molar-refractivity contribution in [3.63, 3.8) is 0 Å². The maximum absolute atomic E-state index is 11.6. The first-order valence-corrected chi connectivity index (χ1v) is 12.9. The summed E-state index contributed by atoms with van der Waals surface area (Å²) in [6, 6.07) is 7.86. The fourth-order valence-corrected chi connectivity index (χ4v) is 4.55. The highest BCUT2D eigenvalue weighted by atomic mass is 32.1. The number of aromatic nitrogens is 1. The average Bonchev–Trinajstić information content (AvgIpc) is 2.78. The molecule has 0 aliphatic carbocycles. The number of hydrogen-bond donors (Lipinski definition) is 2. The lowest BCUT2D eigenvalue weighted by Crippen LogP contribution is -2.21. The predicted octanol–water partition coefficient (Wildman–Crippen LogP) is 8.27. The van der Waals surface area contributed by atoms with Crippen molar-refractivity contribution < 1.29 is 4.79 Å². The van der Waals surface area contributed by atoms with Gasteiger partial charge in [-0.15, -0.1) is 0 Å². The number of rotatable bonds is 15. The average molecular weight is 456 g/mol. The highest BCUT2D eigenvalue weighted by Gasteiger charge is 2.16. The van der Waals surface area contributed by atoms with Gasteiger partial charge in [0.25, 0.3) is 0 Å². The van der Waals surface area contributed by atoms with Gasteiger partial charge in [-0.25, -0.2) is 0 Å². The van der Waals surface area contributed by atoms with Gasteiger partial charge >= 0.3 is 0 Å². The van der Waals surface area contributed by atoms with E-state index in [1.807, 2.05) is 24.3 Å². The van der Waals surface area contributed by atoms with E-state index in [-0.39, 0.29) is 5.91 Å². The molecule has 0 aliphatic rings. The van der Waals surface area contributed by atoms with E-state index in [4.69, 9.17) is 12.2 Å². The Labute approximate surface area is 200 Å². The summed E-state index contributed by atoms with van der Waals surface area (Å²) in [6.07, 6.45) is 17.0. The van der Waals surface area contributed by atoms with Gasteiger partial charge < -0.3 is 10.6 Å². The van der Waals surface area contributed by atoms with Crippen LogP contribution in [0.2, 0.25) is 0 Å². The maximum Gasteiger partial charge on any atom is 0.221 e. The molecule has 1 aromatic heterocycles. The second kappa shape index (κ2) is 14.9. The number of amides is 1. The van der Waals surface area contributed by atoms with Gasteiger partial charge in [0.2, 0.25) is 5.91 Å². The van der Waals surface area contributed by atoms with Crippen LogP contribution in [0.25, 0.3) is 10.9 Å². The lowest BCUT2D eigenvalue weighted by atomic mass is 9.93. The Kier molecular flexibility index (Phi) is 12.3. The van der Waals surface area contributed by atoms with Gasteiger partial charge in [-0.2, -0.15) is 0 Å². The Bertz CT molecular complexity index is 852. The molecule has 0 radical (unpaired) electrons. The second-order valence-corrected chi connectivity index (χ2v) is 9.27. The molecule has 0 fully saturated rings. The molecule has 0 spiro atoms. The van der Waals surface area contributed by atoms with Gasteiger partial charge in [-0.05, 0) is 37.1 Å². The maximum atomic E-state index is 11.6. The first-order valence-electron chi connectivity index (χ1n) is 12.5. The molecule has 1 heterocycles. The number of nitrogens with zero attached hydrogens (tertiary/aromatic N) is 1. The minimum atomic E-state index is -0.0979. The number of nitrogens with one attached hydrogen (secondary N) is 2. The van der Waals surface area contributed by atoms with E-state index in [2.05, 4.69) is 29.5 Å². The Morgan fingerprint density at radius 3 is 2.12 bits per heavy atom. The van der Waals surface area contributed by atoms with Gasteiger partial charge in [0.1, 0.15) is 0 Å². The van der Waals surface area contributed by atoms with E-state index in [0.717, 1.165) is 40.1 Å². The number of carbonyl (C=O) groups excluding carboxylic acids is 1. The van der Waals surface area contributed by atoms with Gasteiger partial charge in [0.15, 0.2) is 0 Å². The molecule has 0 aliphatic heterocycles. The third-order valence-electron chi connectivity index (χ3n) is 6.02. The zero-order valence-electron chi connectivity index (χ0n) is 20.2. The van der Waals surface area contributed by atoms with Crippen molar-refractivity contribution in [3.05, 3.63) is 30.5 Å². The first kappa shape index (κ1) is 26.2. The summed E-state index contributed by atoms with van der Waals surface area (Å²) in [6.45, 7) is 6.03. The van der Waals surface area contributed by atoms with Gasteiger partial charge in [-0.3, -0.25) is 9.78 Å². The molecule has 32 heavy (non-hydrogen) atoms. The van der Waals surface area contributed by atoms with Crippen LogP contribution >= 0.6 is 12.2 Å². The van der Waals surface area contributed by atoms with E-state index in [9.17, 15) is 4.79 Å². The van der Waals surface area contributed by atoms with Crippen LogP contribution in [0.4, 0.5) is 11.4 Å². The molecular formula is C27H41N3OS. The number of benzene rings is 1. The summed E-state index contributed by atoms with van der Waals surface area (Å²) in [4.78, 5) is 17.0. The first-order chi connectivity index (χ1) is 15.6. The van der Waals surface area contributed by atoms with Crippen LogP contribution in [-0.4, -0.2) is 15.9 Å². The molecule has 0 saturated heterocycles. The minimum absolute atomic E-state index is 0.0979. The molecule has 1 atom stereocenters. The molecule has 0 saturated carbocycles. The molecule has 2 N–H and O–H groups in total. The fraction of sp³-hybridized carbons (Fsp3) is 0.593. The number of thiocarbonyl (C=S) groups is 1. The third-order valence-corrected chi connectivity index (χ3v) is 6.46. The summed E-state index contributed by atoms with van der Waals surface area (Å²) in [7, 11) is 0. The predicted molar refractivity (Wildman–Crippen MR) is 143 cm³/mol. The van der Waals surface area contributed by atoms with Crippen molar-refractivity contribution in [2.45, 2.75) is 97.8 Å². The van der Waals surface area contributed by atoms with E-state index in [1.54, 1.807) is 6.20 Å². The second-order valence-electron chi connectivity index (χ2n) is 8.83. The number of unbranched alkanes of at least 4 members (excludes halogenated alkanes) is 8. The summed E-state index contributed by atoms with van der Waals surface area (Å²) in [5.74, 6) is 0.314. The summed E-state index contributed by atoms with van der Waals surface area (Å²) >= 11 is 5.92. The van der Waals surface area contributed by atoms with Crippen LogP contribution < -0.4 is 10.6 Å². The lowest BCUT2D eigenvalue weighted by molar-refractivity contribution is -0.114. The molecule has 1 unspecified atom stereocenters. The lowest BCUT2D eigenvalue weighted by Gasteiger charge is -2.21. The minimum Gasteiger partial charge on any atom is -0.349 e. The molecule has 0 bridgehead atoms. The Morgan fingerprint density at radius 2 is 1.47 bits per heavy atom. The molecule has 1 amide bonds. The Morgan fingerprint density at radius 1 is 0.875 bits per heavy atom. The standard InChI is InChI=1S/C27H41N3OS/c1-4-6-8-10-11-13-16-22(15-12-9-7-5-2)27(32)30-24-18-19-25(29-21(3)31)26-23(24)17-14-20-28-26/h14,17-20,22H,4-13,15-16H2,1-3H3,(H,29,31)(H,30,32). The number of hydrogen-bond acceptors (Lipinski definition) is 3. The van der Waals surface area contributed by atoms with Crippen molar-refractivity contribution in [1.82, 2.24) is 4.98 Å². The molecule has 2 rings (SSSR count). The van der Waals surface area contributed by atoms with Gasteiger partial charge in [0.05, 0.1) is 16.2 Å². The van der Waals surface area contributed by atoms with Crippen molar-refractivity contribution in [3.8, 4) is 0 Å². The largest absolute Gasteiger partial charge is 0.349 e. The number of anilines is 2. The SMILES string of the molecule is CCCCCCCCC(CCCCCC)C(=S)Nc1ccc(NC(C)=O)c2ncccc12. The molecular weight excluding hydrogens is 414 g/mol. The van der Waals surface area contributed by atoms with Crippen molar-refractivity contribution in [1.29, 1.82) is 0 Å². The van der Waals surface area contributed by atoms with Crippen LogP contribution in [0.1, 0.15) is 97.8 Å². The quantitative estimate of drug-likeness (QED) is 0.209. The number of carbonyl (C=O) groups is 1. The smallest absolute Gasteiger partial charge is 0.221 e. The topological polar surface area (TPSA) is 54.0 Å². The summed E-state index contributed by atoms with van der Waals surface area (Å²) in [5.41, 5.74) is 2.48. The van der Waals surface area contributed by atoms with Crippen LogP contribution in [0.5, 0.6) is 0 Å². The zero-order chi connectivity index (χ0) is 23.2. The fourth-order valence-electron chi connectivity index (χ4n) is 4.20. The van der Waals surface area contributed by atoms with E-state index >= 15 is 0 Å². The molecule has 1 aromatic carbocycles. The van der Waals surface area contributed by atoms with Crippen LogP contribution in [0, 0.1) is 5.92 Å². The molecule has 5 heteroatoms. The Balaban J connectivity index is 2.07. The monoisotopic (exact) mass is 455 g/mol. The van der Waals surface area contributed by atoms with Gasteiger partial charge in [-0.1, -0.05) is 90.3 Å². The molecule has 2 aromatic rings.